The van der Waals surface area contributed by atoms with E-state index in [1.807, 2.05) is 32.5 Å². The van der Waals surface area contributed by atoms with Crippen LogP contribution in [0.3, 0.4) is 0 Å². The van der Waals surface area contributed by atoms with Crippen LogP contribution in [0, 0.1) is 24.0 Å². The lowest BCUT2D eigenvalue weighted by atomic mass is 10.1. The number of anilines is 1. The van der Waals surface area contributed by atoms with E-state index >= 15 is 0 Å². The van der Waals surface area contributed by atoms with Crippen LogP contribution in [0.5, 0.6) is 0 Å². The third-order valence-electron chi connectivity index (χ3n) is 5.01. The second-order valence-electron chi connectivity index (χ2n) is 6.66. The molecular weight excluding hydrogens is 320 g/mol. The van der Waals surface area contributed by atoms with Gasteiger partial charge in [-0.15, -0.1) is 0 Å². The Hall–Kier alpha value is -2.70. The van der Waals surface area contributed by atoms with Crippen LogP contribution in [-0.4, -0.2) is 26.7 Å². The topological polar surface area (TPSA) is 81.3 Å². The molecule has 0 saturated carbocycles. The summed E-state index contributed by atoms with van der Waals surface area (Å²) in [5, 5.41) is 15.3. The molecular formula is C18H22N4O3. The number of carbonyl (C=O) groups is 1. The summed E-state index contributed by atoms with van der Waals surface area (Å²) in [6, 6.07) is 4.75. The number of benzene rings is 1. The number of aromatic nitrogens is 2. The number of nitrogens with zero attached hydrogens (tertiary/aromatic N) is 4. The average molecular weight is 342 g/mol. The van der Waals surface area contributed by atoms with Crippen molar-refractivity contribution in [1.82, 2.24) is 9.78 Å². The quantitative estimate of drug-likeness (QED) is 0.632. The van der Waals surface area contributed by atoms with Gasteiger partial charge < -0.3 is 4.90 Å². The van der Waals surface area contributed by atoms with Crippen LogP contribution in [0.4, 0.5) is 11.4 Å². The predicted octanol–water partition coefficient (Wildman–Crippen LogP) is 2.86. The number of non-ortho nitro benzene ring substituents is 1. The highest BCUT2D eigenvalue weighted by atomic mass is 16.6. The minimum atomic E-state index is -0.399. The molecule has 0 N–H and O–H groups in total. The molecule has 0 radical (unpaired) electrons. The molecule has 7 heteroatoms. The van der Waals surface area contributed by atoms with E-state index in [0.29, 0.717) is 19.3 Å². The smallest absolute Gasteiger partial charge is 0.269 e. The Kier molecular flexibility index (Phi) is 4.32. The second kappa shape index (κ2) is 6.31. The van der Waals surface area contributed by atoms with Crippen molar-refractivity contribution >= 4 is 17.3 Å². The molecule has 1 amide bonds. The molecule has 2 heterocycles. The van der Waals surface area contributed by atoms with Gasteiger partial charge in [-0.3, -0.25) is 19.6 Å². The summed E-state index contributed by atoms with van der Waals surface area (Å²) in [5.74, 6) is 0.0442. The molecule has 2 aromatic rings. The monoisotopic (exact) mass is 342 g/mol. The van der Waals surface area contributed by atoms with Crippen molar-refractivity contribution in [1.29, 1.82) is 0 Å². The Morgan fingerprint density at radius 1 is 1.40 bits per heavy atom. The fourth-order valence-corrected chi connectivity index (χ4v) is 3.64. The summed E-state index contributed by atoms with van der Waals surface area (Å²) >= 11 is 0. The third-order valence-corrected chi connectivity index (χ3v) is 5.01. The molecule has 132 valence electrons. The lowest BCUT2D eigenvalue weighted by Crippen LogP contribution is -2.35. The van der Waals surface area contributed by atoms with Gasteiger partial charge >= 0.3 is 0 Å². The van der Waals surface area contributed by atoms with E-state index in [4.69, 9.17) is 0 Å². The number of nitro benzene ring substituents is 1. The van der Waals surface area contributed by atoms with E-state index < -0.39 is 4.92 Å². The minimum absolute atomic E-state index is 0.0144. The zero-order valence-electron chi connectivity index (χ0n) is 14.9. The third kappa shape index (κ3) is 3.01. The zero-order chi connectivity index (χ0) is 18.3. The maximum atomic E-state index is 12.8. The van der Waals surface area contributed by atoms with Crippen LogP contribution in [-0.2, 0) is 24.7 Å². The Bertz CT molecular complexity index is 856. The summed E-state index contributed by atoms with van der Waals surface area (Å²) in [6.07, 6.45) is 1.69. The van der Waals surface area contributed by atoms with Gasteiger partial charge in [0.2, 0.25) is 5.91 Å². The van der Waals surface area contributed by atoms with E-state index in [9.17, 15) is 14.9 Å². The van der Waals surface area contributed by atoms with Gasteiger partial charge in [0.25, 0.3) is 5.69 Å². The average Bonchev–Trinajstić information content (AvgIpc) is 3.00. The van der Waals surface area contributed by atoms with E-state index in [-0.39, 0.29) is 17.6 Å². The number of rotatable bonds is 4. The SMILES string of the molecule is Cc1nn(C)c(C)c1CCC(=O)N1c2ccc([N+](=O)[O-])cc2CC1C. The summed E-state index contributed by atoms with van der Waals surface area (Å²) in [5.41, 5.74) is 4.88. The number of hydrogen-bond donors (Lipinski definition) is 0. The van der Waals surface area contributed by atoms with Crippen molar-refractivity contribution in [3.63, 3.8) is 0 Å². The van der Waals surface area contributed by atoms with Crippen molar-refractivity contribution in [2.45, 2.75) is 46.1 Å². The summed E-state index contributed by atoms with van der Waals surface area (Å²) in [6.45, 7) is 5.94. The van der Waals surface area contributed by atoms with Gasteiger partial charge in [0.05, 0.1) is 10.6 Å². The van der Waals surface area contributed by atoms with Gasteiger partial charge in [-0.2, -0.15) is 5.10 Å². The Labute approximate surface area is 146 Å². The number of aryl methyl sites for hydroxylation is 2. The molecule has 0 aliphatic carbocycles. The Morgan fingerprint density at radius 3 is 2.72 bits per heavy atom. The lowest BCUT2D eigenvalue weighted by molar-refractivity contribution is -0.384. The summed E-state index contributed by atoms with van der Waals surface area (Å²) < 4.78 is 1.84. The lowest BCUT2D eigenvalue weighted by Gasteiger charge is -2.22. The van der Waals surface area contributed by atoms with Gasteiger partial charge in [0.1, 0.15) is 0 Å². The first-order valence-electron chi connectivity index (χ1n) is 8.38. The van der Waals surface area contributed by atoms with Crippen molar-refractivity contribution in [2.75, 3.05) is 4.90 Å². The standard InChI is InChI=1S/C18H22N4O3/c1-11-9-14-10-15(22(24)25)5-7-17(14)21(11)18(23)8-6-16-12(2)19-20(4)13(16)3/h5,7,10-11H,6,8-9H2,1-4H3. The molecule has 0 saturated heterocycles. The largest absolute Gasteiger partial charge is 0.309 e. The van der Waals surface area contributed by atoms with Crippen molar-refractivity contribution < 1.29 is 9.72 Å². The van der Waals surface area contributed by atoms with Crippen LogP contribution in [0.25, 0.3) is 0 Å². The molecule has 1 aliphatic heterocycles. The first kappa shape index (κ1) is 17.1. The minimum Gasteiger partial charge on any atom is -0.309 e. The van der Waals surface area contributed by atoms with Crippen LogP contribution in [0.2, 0.25) is 0 Å². The van der Waals surface area contributed by atoms with Gasteiger partial charge in [0, 0.05) is 43.0 Å². The Balaban J connectivity index is 1.78. The molecule has 1 aliphatic rings. The number of nitro groups is 1. The molecule has 3 rings (SSSR count). The molecule has 1 atom stereocenters. The first-order chi connectivity index (χ1) is 11.8. The summed E-state index contributed by atoms with van der Waals surface area (Å²) in [4.78, 5) is 25.1. The number of amides is 1. The molecule has 1 aromatic heterocycles. The van der Waals surface area contributed by atoms with E-state index in [2.05, 4.69) is 5.10 Å². The van der Waals surface area contributed by atoms with Crippen LogP contribution < -0.4 is 4.90 Å². The number of fused-ring (bicyclic) bond motifs is 1. The van der Waals surface area contributed by atoms with Gasteiger partial charge in [-0.25, -0.2) is 0 Å². The fourth-order valence-electron chi connectivity index (χ4n) is 3.64. The van der Waals surface area contributed by atoms with Gasteiger partial charge in [0.15, 0.2) is 0 Å². The molecule has 0 bridgehead atoms. The van der Waals surface area contributed by atoms with E-state index in [1.165, 1.54) is 6.07 Å². The number of carbonyl (C=O) groups excluding carboxylic acids is 1. The predicted molar refractivity (Wildman–Crippen MR) is 94.8 cm³/mol. The molecule has 1 unspecified atom stereocenters. The van der Waals surface area contributed by atoms with E-state index in [1.54, 1.807) is 17.0 Å². The van der Waals surface area contributed by atoms with Gasteiger partial charge in [-0.05, 0) is 50.8 Å². The fraction of sp³-hybridized carbons (Fsp3) is 0.444. The molecule has 7 nitrogen and oxygen atoms in total. The first-order valence-corrected chi connectivity index (χ1v) is 8.38. The van der Waals surface area contributed by atoms with Crippen molar-refractivity contribution in [3.8, 4) is 0 Å². The van der Waals surface area contributed by atoms with Crippen LogP contribution in [0.1, 0.15) is 35.9 Å². The highest BCUT2D eigenvalue weighted by Crippen LogP contribution is 2.35. The molecule has 0 fully saturated rings. The van der Waals surface area contributed by atoms with Crippen LogP contribution >= 0.6 is 0 Å². The molecule has 1 aromatic carbocycles. The van der Waals surface area contributed by atoms with Crippen molar-refractivity contribution in [3.05, 3.63) is 50.8 Å². The Morgan fingerprint density at radius 2 is 2.12 bits per heavy atom. The molecule has 0 spiro atoms. The van der Waals surface area contributed by atoms with Crippen LogP contribution in [0.15, 0.2) is 18.2 Å². The maximum Gasteiger partial charge on any atom is 0.269 e. The van der Waals surface area contributed by atoms with E-state index in [0.717, 1.165) is 28.2 Å². The number of hydrogen-bond acceptors (Lipinski definition) is 4. The second-order valence-corrected chi connectivity index (χ2v) is 6.66. The molecule has 25 heavy (non-hydrogen) atoms. The normalized spacial score (nSPS) is 16.2. The highest BCUT2D eigenvalue weighted by Gasteiger charge is 2.32. The van der Waals surface area contributed by atoms with Gasteiger partial charge in [-0.1, -0.05) is 0 Å². The maximum absolute atomic E-state index is 12.8. The van der Waals surface area contributed by atoms with Crippen molar-refractivity contribution in [2.24, 2.45) is 7.05 Å². The zero-order valence-corrected chi connectivity index (χ0v) is 14.9. The summed E-state index contributed by atoms with van der Waals surface area (Å²) in [7, 11) is 1.90. The highest BCUT2D eigenvalue weighted by molar-refractivity contribution is 5.96.